The fraction of sp³-hybridized carbons (Fsp3) is 0.806. The summed E-state index contributed by atoms with van der Waals surface area (Å²) in [4.78, 5) is 3.11. The highest BCUT2D eigenvalue weighted by Crippen LogP contribution is 2.37. The SMILES string of the molecule is [CH]1C=CC=CC1N(/N=C/C1CCC(N(C2CCCCC2)C2CCCCC2)CC1)C1CCCCC1. The van der Waals surface area contributed by atoms with Crippen LogP contribution in [0.5, 0.6) is 0 Å². The van der Waals surface area contributed by atoms with E-state index in [1.807, 2.05) is 0 Å². The molecule has 0 bridgehead atoms. The van der Waals surface area contributed by atoms with Gasteiger partial charge in [-0.1, -0.05) is 82.1 Å². The van der Waals surface area contributed by atoms with Gasteiger partial charge in [0.1, 0.15) is 0 Å². The summed E-state index contributed by atoms with van der Waals surface area (Å²) in [5, 5.41) is 7.68. The molecule has 189 valence electrons. The molecule has 0 N–H and O–H groups in total. The van der Waals surface area contributed by atoms with Crippen LogP contribution in [0, 0.1) is 12.3 Å². The van der Waals surface area contributed by atoms with Crippen molar-refractivity contribution in [2.75, 3.05) is 0 Å². The van der Waals surface area contributed by atoms with E-state index >= 15 is 0 Å². The fourth-order valence-electron chi connectivity index (χ4n) is 7.79. The Morgan fingerprint density at radius 3 is 1.59 bits per heavy atom. The van der Waals surface area contributed by atoms with Crippen molar-refractivity contribution in [3.05, 3.63) is 30.7 Å². The minimum atomic E-state index is 0.341. The van der Waals surface area contributed by atoms with Crippen molar-refractivity contribution in [1.29, 1.82) is 0 Å². The maximum atomic E-state index is 5.22. The molecule has 34 heavy (non-hydrogen) atoms. The van der Waals surface area contributed by atoms with Gasteiger partial charge in [-0.3, -0.25) is 9.91 Å². The fourth-order valence-corrected chi connectivity index (χ4v) is 7.79. The second kappa shape index (κ2) is 12.7. The van der Waals surface area contributed by atoms with Crippen LogP contribution in [0.4, 0.5) is 0 Å². The molecule has 0 saturated heterocycles. The average Bonchev–Trinajstić information content (AvgIpc) is 2.92. The van der Waals surface area contributed by atoms with E-state index in [0.717, 1.165) is 18.1 Å². The van der Waals surface area contributed by atoms with Gasteiger partial charge in [0, 0.05) is 36.8 Å². The van der Waals surface area contributed by atoms with E-state index in [1.54, 1.807) is 0 Å². The van der Waals surface area contributed by atoms with Crippen LogP contribution in [0.3, 0.4) is 0 Å². The van der Waals surface area contributed by atoms with E-state index in [9.17, 15) is 0 Å². The van der Waals surface area contributed by atoms with Crippen LogP contribution in [0.15, 0.2) is 29.4 Å². The molecule has 0 spiro atoms. The Hall–Kier alpha value is -1.09. The number of rotatable bonds is 7. The van der Waals surface area contributed by atoms with E-state index in [-0.39, 0.29) is 0 Å². The van der Waals surface area contributed by atoms with Gasteiger partial charge in [-0.25, -0.2) is 0 Å². The van der Waals surface area contributed by atoms with Crippen molar-refractivity contribution in [3.8, 4) is 0 Å². The molecular formula is C31H50N3. The average molecular weight is 465 g/mol. The van der Waals surface area contributed by atoms with Crippen LogP contribution >= 0.6 is 0 Å². The number of hydrogen-bond donors (Lipinski definition) is 0. The van der Waals surface area contributed by atoms with E-state index < -0.39 is 0 Å². The molecule has 1 atom stereocenters. The van der Waals surface area contributed by atoms with Gasteiger partial charge in [-0.05, 0) is 70.1 Å². The molecule has 3 heteroatoms. The minimum Gasteiger partial charge on any atom is -0.294 e. The number of nitrogens with zero attached hydrogens (tertiary/aromatic N) is 3. The highest BCUT2D eigenvalue weighted by atomic mass is 15.5. The molecule has 0 heterocycles. The van der Waals surface area contributed by atoms with Gasteiger partial charge >= 0.3 is 0 Å². The normalized spacial score (nSPS) is 32.6. The second-order valence-corrected chi connectivity index (χ2v) is 12.0. The van der Waals surface area contributed by atoms with Gasteiger partial charge in [-0.2, -0.15) is 5.10 Å². The third-order valence-corrected chi connectivity index (χ3v) is 9.66. The van der Waals surface area contributed by atoms with E-state index in [4.69, 9.17) is 5.10 Å². The molecule has 0 aromatic rings. The molecular weight excluding hydrogens is 414 g/mol. The van der Waals surface area contributed by atoms with Gasteiger partial charge in [-0.15, -0.1) is 0 Å². The smallest absolute Gasteiger partial charge is 0.0726 e. The summed E-state index contributed by atoms with van der Waals surface area (Å²) in [5.74, 6) is 0.671. The van der Waals surface area contributed by atoms with Crippen molar-refractivity contribution in [2.45, 2.75) is 152 Å². The molecule has 1 unspecified atom stereocenters. The lowest BCUT2D eigenvalue weighted by atomic mass is 9.81. The molecule has 0 aromatic carbocycles. The summed E-state index contributed by atoms with van der Waals surface area (Å²) >= 11 is 0. The molecule has 5 aliphatic carbocycles. The Morgan fingerprint density at radius 2 is 1.06 bits per heavy atom. The lowest BCUT2D eigenvalue weighted by Crippen LogP contribution is -2.52. The minimum absolute atomic E-state index is 0.341. The van der Waals surface area contributed by atoms with Crippen LogP contribution in [-0.4, -0.2) is 46.3 Å². The number of allylic oxidation sites excluding steroid dienone is 2. The van der Waals surface area contributed by atoms with Gasteiger partial charge in [0.25, 0.3) is 0 Å². The zero-order valence-electron chi connectivity index (χ0n) is 21.7. The molecule has 4 saturated carbocycles. The Bertz CT molecular complexity index is 653. The Labute approximate surface area is 210 Å². The monoisotopic (exact) mass is 464 g/mol. The van der Waals surface area contributed by atoms with Crippen molar-refractivity contribution in [2.24, 2.45) is 11.0 Å². The summed E-state index contributed by atoms with van der Waals surface area (Å²) in [7, 11) is 0. The summed E-state index contributed by atoms with van der Waals surface area (Å²) in [5.41, 5.74) is 0. The zero-order chi connectivity index (χ0) is 23.0. The van der Waals surface area contributed by atoms with Crippen molar-refractivity contribution < 1.29 is 0 Å². The maximum absolute atomic E-state index is 5.22. The van der Waals surface area contributed by atoms with Crippen LogP contribution in [0.25, 0.3) is 0 Å². The summed E-state index contributed by atoms with van der Waals surface area (Å²) in [6.07, 6.45) is 40.5. The zero-order valence-corrected chi connectivity index (χ0v) is 21.7. The van der Waals surface area contributed by atoms with Gasteiger partial charge in [0.15, 0.2) is 0 Å². The van der Waals surface area contributed by atoms with E-state index in [0.29, 0.717) is 18.0 Å². The Balaban J connectivity index is 1.20. The lowest BCUT2D eigenvalue weighted by Gasteiger charge is -2.48. The topological polar surface area (TPSA) is 18.8 Å². The Kier molecular flexibility index (Phi) is 9.22. The summed E-state index contributed by atoms with van der Waals surface area (Å²) in [6.45, 7) is 0. The molecule has 1 radical (unpaired) electrons. The molecule has 4 fully saturated rings. The van der Waals surface area contributed by atoms with E-state index in [1.165, 1.54) is 122 Å². The Morgan fingerprint density at radius 1 is 0.529 bits per heavy atom. The molecule has 0 amide bonds. The predicted octanol–water partition coefficient (Wildman–Crippen LogP) is 7.83. The first-order valence-electron chi connectivity index (χ1n) is 15.2. The molecule has 0 aliphatic heterocycles. The molecule has 5 aliphatic rings. The second-order valence-electron chi connectivity index (χ2n) is 12.0. The third kappa shape index (κ3) is 6.37. The van der Waals surface area contributed by atoms with Gasteiger partial charge < -0.3 is 0 Å². The predicted molar refractivity (Wildman–Crippen MR) is 145 cm³/mol. The number of hydrazone groups is 1. The van der Waals surface area contributed by atoms with Crippen LogP contribution in [0.1, 0.15) is 122 Å². The van der Waals surface area contributed by atoms with Crippen molar-refractivity contribution >= 4 is 6.21 Å². The maximum Gasteiger partial charge on any atom is 0.0726 e. The van der Waals surface area contributed by atoms with Crippen molar-refractivity contribution in [3.63, 3.8) is 0 Å². The first kappa shape index (κ1) is 24.6. The highest BCUT2D eigenvalue weighted by molar-refractivity contribution is 5.60. The van der Waals surface area contributed by atoms with Gasteiger partial charge in [0.05, 0.1) is 6.04 Å². The quantitative estimate of drug-likeness (QED) is 0.282. The van der Waals surface area contributed by atoms with Crippen LogP contribution in [0.2, 0.25) is 0 Å². The molecule has 3 nitrogen and oxygen atoms in total. The first-order chi connectivity index (χ1) is 16.9. The van der Waals surface area contributed by atoms with Crippen molar-refractivity contribution in [1.82, 2.24) is 9.91 Å². The van der Waals surface area contributed by atoms with Gasteiger partial charge in [0.2, 0.25) is 0 Å². The largest absolute Gasteiger partial charge is 0.294 e. The lowest BCUT2D eigenvalue weighted by molar-refractivity contribution is 0.0192. The molecule has 0 aromatic heterocycles. The van der Waals surface area contributed by atoms with E-state index in [2.05, 4.69) is 46.8 Å². The third-order valence-electron chi connectivity index (χ3n) is 9.66. The van der Waals surface area contributed by atoms with Crippen LogP contribution in [-0.2, 0) is 0 Å². The highest BCUT2D eigenvalue weighted by Gasteiger charge is 2.36. The van der Waals surface area contributed by atoms with Crippen LogP contribution < -0.4 is 0 Å². The number of hydrogen-bond acceptors (Lipinski definition) is 3. The standard InChI is InChI=1S/C31H50N3/c1-5-13-27(14-6-1)33(28-15-7-2-8-16-28)29-23-21-26(22-24-29)25-32-34(30-17-9-3-10-18-30)31-19-11-4-12-20-31/h3,9-10,17-18,25-31H,1-2,4-8,11-16,19-24H2/b32-25+. The first-order valence-corrected chi connectivity index (χ1v) is 15.2. The summed E-state index contributed by atoms with van der Waals surface area (Å²) in [6, 6.07) is 3.57. The molecule has 5 rings (SSSR count). The summed E-state index contributed by atoms with van der Waals surface area (Å²) < 4.78 is 0.